The van der Waals surface area contributed by atoms with Gasteiger partial charge in [-0.25, -0.2) is 4.98 Å². The summed E-state index contributed by atoms with van der Waals surface area (Å²) in [5.41, 5.74) is 0.516. The van der Waals surface area contributed by atoms with Crippen molar-refractivity contribution in [3.63, 3.8) is 0 Å². The molecular formula is C15H17ClN2O2. The number of hydrogen-bond donors (Lipinski definition) is 2. The normalized spacial score (nSPS) is 12.3. The van der Waals surface area contributed by atoms with Gasteiger partial charge in [0, 0.05) is 18.1 Å². The zero-order valence-electron chi connectivity index (χ0n) is 11.3. The van der Waals surface area contributed by atoms with Crippen LogP contribution in [0.1, 0.15) is 30.1 Å². The molecule has 1 atom stereocenters. The van der Waals surface area contributed by atoms with Crippen LogP contribution in [0, 0.1) is 0 Å². The zero-order valence-corrected chi connectivity index (χ0v) is 12.0. The second-order valence-corrected chi connectivity index (χ2v) is 5.11. The fourth-order valence-corrected chi connectivity index (χ4v) is 2.25. The van der Waals surface area contributed by atoms with Gasteiger partial charge in [0.15, 0.2) is 0 Å². The SMILES string of the molecule is CC(O)CCCNC(=O)c1cnc(Cl)c2ccccc12. The molecule has 20 heavy (non-hydrogen) atoms. The predicted octanol–water partition coefficient (Wildman–Crippen LogP) is 2.78. The van der Waals surface area contributed by atoms with Crippen molar-refractivity contribution in [3.8, 4) is 0 Å². The molecule has 0 saturated heterocycles. The molecule has 0 aliphatic heterocycles. The van der Waals surface area contributed by atoms with Crippen LogP contribution in [0.4, 0.5) is 0 Å². The molecule has 2 aromatic rings. The molecule has 2 N–H and O–H groups in total. The Bertz CT molecular complexity index is 614. The number of carbonyl (C=O) groups is 1. The van der Waals surface area contributed by atoms with Crippen LogP contribution < -0.4 is 5.32 Å². The molecule has 1 aromatic carbocycles. The molecule has 0 bridgehead atoms. The van der Waals surface area contributed by atoms with E-state index in [2.05, 4.69) is 10.3 Å². The number of aromatic nitrogens is 1. The van der Waals surface area contributed by atoms with Crippen LogP contribution in [0.2, 0.25) is 5.15 Å². The number of halogens is 1. The minimum absolute atomic E-state index is 0.170. The Kier molecular flexibility index (Phi) is 4.93. The second kappa shape index (κ2) is 6.68. The largest absolute Gasteiger partial charge is 0.393 e. The highest BCUT2D eigenvalue weighted by Gasteiger charge is 2.12. The van der Waals surface area contributed by atoms with E-state index in [9.17, 15) is 4.79 Å². The zero-order chi connectivity index (χ0) is 14.5. The third-order valence-corrected chi connectivity index (χ3v) is 3.38. The molecule has 4 nitrogen and oxygen atoms in total. The van der Waals surface area contributed by atoms with Crippen LogP contribution in [0.5, 0.6) is 0 Å². The summed E-state index contributed by atoms with van der Waals surface area (Å²) in [6.07, 6.45) is 2.56. The summed E-state index contributed by atoms with van der Waals surface area (Å²) >= 11 is 6.02. The van der Waals surface area contributed by atoms with Gasteiger partial charge in [0.2, 0.25) is 0 Å². The van der Waals surface area contributed by atoms with Gasteiger partial charge in [-0.3, -0.25) is 4.79 Å². The lowest BCUT2D eigenvalue weighted by atomic mass is 10.1. The van der Waals surface area contributed by atoms with Crippen molar-refractivity contribution in [1.82, 2.24) is 10.3 Å². The number of benzene rings is 1. The van der Waals surface area contributed by atoms with E-state index >= 15 is 0 Å². The van der Waals surface area contributed by atoms with Gasteiger partial charge in [0.25, 0.3) is 5.91 Å². The van der Waals surface area contributed by atoms with Crippen LogP contribution in [0.3, 0.4) is 0 Å². The summed E-state index contributed by atoms with van der Waals surface area (Å²) in [5.74, 6) is -0.170. The minimum atomic E-state index is -0.343. The van der Waals surface area contributed by atoms with Gasteiger partial charge in [0.05, 0.1) is 11.7 Å². The lowest BCUT2D eigenvalue weighted by Gasteiger charge is -2.09. The third-order valence-electron chi connectivity index (χ3n) is 3.08. The fraction of sp³-hybridized carbons (Fsp3) is 0.333. The number of aliphatic hydroxyl groups excluding tert-OH is 1. The number of fused-ring (bicyclic) bond motifs is 1. The maximum absolute atomic E-state index is 12.2. The Morgan fingerprint density at radius 3 is 2.80 bits per heavy atom. The maximum atomic E-state index is 12.2. The molecule has 0 spiro atoms. The molecule has 1 amide bonds. The molecule has 1 unspecified atom stereocenters. The molecule has 2 rings (SSSR count). The summed E-state index contributed by atoms with van der Waals surface area (Å²) < 4.78 is 0. The smallest absolute Gasteiger partial charge is 0.253 e. The first-order valence-corrected chi connectivity index (χ1v) is 6.97. The molecule has 106 valence electrons. The predicted molar refractivity (Wildman–Crippen MR) is 80.0 cm³/mol. The van der Waals surface area contributed by atoms with Gasteiger partial charge < -0.3 is 10.4 Å². The first kappa shape index (κ1) is 14.8. The summed E-state index contributed by atoms with van der Waals surface area (Å²) in [6, 6.07) is 7.42. The standard InChI is InChI=1S/C15H17ClN2O2/c1-10(19)5-4-8-17-15(20)13-9-18-14(16)12-7-3-2-6-11(12)13/h2-3,6-7,9-10,19H,4-5,8H2,1H3,(H,17,20). The fourth-order valence-electron chi connectivity index (χ4n) is 2.03. The average Bonchev–Trinajstić information content (AvgIpc) is 2.44. The third kappa shape index (κ3) is 3.46. The monoisotopic (exact) mass is 292 g/mol. The molecule has 0 aliphatic rings. The van der Waals surface area contributed by atoms with Crippen molar-refractivity contribution in [2.24, 2.45) is 0 Å². The van der Waals surface area contributed by atoms with Crippen molar-refractivity contribution in [3.05, 3.63) is 41.2 Å². The van der Waals surface area contributed by atoms with E-state index in [1.807, 2.05) is 24.3 Å². The quantitative estimate of drug-likeness (QED) is 0.658. The molecular weight excluding hydrogens is 276 g/mol. The summed E-state index contributed by atoms with van der Waals surface area (Å²) in [4.78, 5) is 16.2. The first-order valence-electron chi connectivity index (χ1n) is 6.59. The van der Waals surface area contributed by atoms with E-state index in [-0.39, 0.29) is 12.0 Å². The maximum Gasteiger partial charge on any atom is 0.253 e. The van der Waals surface area contributed by atoms with Crippen molar-refractivity contribution in [2.45, 2.75) is 25.9 Å². The number of amides is 1. The van der Waals surface area contributed by atoms with Gasteiger partial charge in [0.1, 0.15) is 5.15 Å². The van der Waals surface area contributed by atoms with Crippen molar-refractivity contribution < 1.29 is 9.90 Å². The first-order chi connectivity index (χ1) is 9.59. The highest BCUT2D eigenvalue weighted by molar-refractivity contribution is 6.34. The van der Waals surface area contributed by atoms with Gasteiger partial charge >= 0.3 is 0 Å². The van der Waals surface area contributed by atoms with E-state index < -0.39 is 0 Å². The Balaban J connectivity index is 2.12. The van der Waals surface area contributed by atoms with Crippen molar-refractivity contribution in [2.75, 3.05) is 6.54 Å². The molecule has 0 fully saturated rings. The van der Waals surface area contributed by atoms with Gasteiger partial charge in [-0.05, 0) is 25.2 Å². The van der Waals surface area contributed by atoms with Gasteiger partial charge in [-0.15, -0.1) is 0 Å². The molecule has 1 aromatic heterocycles. The topological polar surface area (TPSA) is 62.2 Å². The van der Waals surface area contributed by atoms with Crippen LogP contribution >= 0.6 is 11.6 Å². The highest BCUT2D eigenvalue weighted by Crippen LogP contribution is 2.24. The lowest BCUT2D eigenvalue weighted by Crippen LogP contribution is -2.25. The van der Waals surface area contributed by atoms with E-state index in [0.717, 1.165) is 17.2 Å². The van der Waals surface area contributed by atoms with Crippen LogP contribution in [-0.2, 0) is 0 Å². The van der Waals surface area contributed by atoms with Crippen molar-refractivity contribution in [1.29, 1.82) is 0 Å². The number of aliphatic hydroxyl groups is 1. The van der Waals surface area contributed by atoms with Crippen LogP contribution in [0.25, 0.3) is 10.8 Å². The highest BCUT2D eigenvalue weighted by atomic mass is 35.5. The van der Waals surface area contributed by atoms with E-state index in [0.29, 0.717) is 23.7 Å². The number of rotatable bonds is 5. The number of hydrogen-bond acceptors (Lipinski definition) is 3. The van der Waals surface area contributed by atoms with E-state index in [1.54, 1.807) is 6.92 Å². The summed E-state index contributed by atoms with van der Waals surface area (Å²) in [7, 11) is 0. The number of nitrogens with zero attached hydrogens (tertiary/aromatic N) is 1. The molecule has 0 aliphatic carbocycles. The Labute approximate surface area is 122 Å². The number of carbonyl (C=O) groups excluding carboxylic acids is 1. The molecule has 5 heteroatoms. The van der Waals surface area contributed by atoms with Crippen LogP contribution in [0.15, 0.2) is 30.5 Å². The molecule has 0 saturated carbocycles. The van der Waals surface area contributed by atoms with Crippen molar-refractivity contribution >= 4 is 28.3 Å². The Hall–Kier alpha value is -1.65. The number of pyridine rings is 1. The van der Waals surface area contributed by atoms with E-state index in [4.69, 9.17) is 16.7 Å². The average molecular weight is 293 g/mol. The summed E-state index contributed by atoms with van der Waals surface area (Å²) in [6.45, 7) is 2.26. The summed E-state index contributed by atoms with van der Waals surface area (Å²) in [5, 5.41) is 14.0. The molecule has 1 heterocycles. The van der Waals surface area contributed by atoms with Crippen LogP contribution in [-0.4, -0.2) is 28.6 Å². The van der Waals surface area contributed by atoms with Gasteiger partial charge in [-0.2, -0.15) is 0 Å². The Morgan fingerprint density at radius 1 is 1.40 bits per heavy atom. The molecule has 0 radical (unpaired) electrons. The Morgan fingerprint density at radius 2 is 2.10 bits per heavy atom. The van der Waals surface area contributed by atoms with Gasteiger partial charge in [-0.1, -0.05) is 35.9 Å². The lowest BCUT2D eigenvalue weighted by molar-refractivity contribution is 0.0951. The second-order valence-electron chi connectivity index (χ2n) is 4.76. The number of nitrogens with one attached hydrogen (secondary N) is 1. The van der Waals surface area contributed by atoms with E-state index in [1.165, 1.54) is 6.20 Å². The minimum Gasteiger partial charge on any atom is -0.393 e.